The van der Waals surface area contributed by atoms with Crippen LogP contribution in [0.1, 0.15) is 19.2 Å². The highest BCUT2D eigenvalue weighted by molar-refractivity contribution is 6.31. The van der Waals surface area contributed by atoms with Gasteiger partial charge in [-0.25, -0.2) is 4.98 Å². The number of aromatic nitrogens is 2. The molecule has 2 aromatic rings. The van der Waals surface area contributed by atoms with E-state index in [-0.39, 0.29) is 12.5 Å². The quantitative estimate of drug-likeness (QED) is 0.832. The number of imidazole rings is 1. The number of nitrogens with one attached hydrogen (secondary N) is 1. The Morgan fingerprint density at radius 2 is 2.30 bits per heavy atom. The van der Waals surface area contributed by atoms with Gasteiger partial charge in [-0.3, -0.25) is 4.79 Å². The highest BCUT2D eigenvalue weighted by Gasteiger charge is 2.09. The number of rotatable bonds is 5. The zero-order valence-corrected chi connectivity index (χ0v) is 12.0. The summed E-state index contributed by atoms with van der Waals surface area (Å²) in [6, 6.07) is 4.98. The predicted octanol–water partition coefficient (Wildman–Crippen LogP) is 2.71. The first kappa shape index (κ1) is 14.4. The first-order chi connectivity index (χ1) is 9.60. The van der Waals surface area contributed by atoms with Crippen molar-refractivity contribution >= 4 is 28.9 Å². The summed E-state index contributed by atoms with van der Waals surface area (Å²) in [6.07, 6.45) is 5.33. The van der Waals surface area contributed by atoms with Crippen molar-refractivity contribution in [2.24, 2.45) is 0 Å². The van der Waals surface area contributed by atoms with Crippen molar-refractivity contribution in [3.8, 4) is 0 Å². The summed E-state index contributed by atoms with van der Waals surface area (Å²) < 4.78 is 1.83. The number of aryl methyl sites for hydroxylation is 1. The van der Waals surface area contributed by atoms with Crippen molar-refractivity contribution in [1.29, 1.82) is 0 Å². The predicted molar refractivity (Wildman–Crippen MR) is 80.7 cm³/mol. The lowest BCUT2D eigenvalue weighted by Gasteiger charge is -2.10. The molecule has 1 aromatic heterocycles. The third-order valence-electron chi connectivity index (χ3n) is 2.88. The first-order valence-corrected chi connectivity index (χ1v) is 6.83. The molecule has 0 aliphatic rings. The van der Waals surface area contributed by atoms with E-state index in [1.54, 1.807) is 30.6 Å². The van der Waals surface area contributed by atoms with Crippen LogP contribution in [-0.2, 0) is 17.8 Å². The monoisotopic (exact) mass is 292 g/mol. The van der Waals surface area contributed by atoms with E-state index in [2.05, 4.69) is 17.2 Å². The number of nitrogen functional groups attached to an aromatic ring is 1. The van der Waals surface area contributed by atoms with E-state index in [0.29, 0.717) is 16.4 Å². The summed E-state index contributed by atoms with van der Waals surface area (Å²) in [7, 11) is 0. The fourth-order valence-electron chi connectivity index (χ4n) is 1.92. The van der Waals surface area contributed by atoms with Gasteiger partial charge in [0.1, 0.15) is 12.4 Å². The smallest absolute Gasteiger partial charge is 0.244 e. The maximum atomic E-state index is 12.0. The Labute approximate surface area is 122 Å². The minimum Gasteiger partial charge on any atom is -0.397 e. The van der Waals surface area contributed by atoms with Crippen molar-refractivity contribution in [2.75, 3.05) is 11.1 Å². The van der Waals surface area contributed by atoms with Gasteiger partial charge in [0.05, 0.1) is 11.4 Å². The number of benzene rings is 1. The largest absolute Gasteiger partial charge is 0.397 e. The lowest BCUT2D eigenvalue weighted by Crippen LogP contribution is -2.20. The van der Waals surface area contributed by atoms with E-state index < -0.39 is 0 Å². The molecule has 0 aliphatic heterocycles. The second-order valence-electron chi connectivity index (χ2n) is 4.50. The third-order valence-corrected chi connectivity index (χ3v) is 3.11. The van der Waals surface area contributed by atoms with Gasteiger partial charge < -0.3 is 15.6 Å². The Bertz CT molecular complexity index is 609. The number of hydrogen-bond acceptors (Lipinski definition) is 3. The molecule has 6 heteroatoms. The van der Waals surface area contributed by atoms with Gasteiger partial charge >= 0.3 is 0 Å². The Hall–Kier alpha value is -2.01. The number of halogens is 1. The van der Waals surface area contributed by atoms with E-state index in [9.17, 15) is 4.79 Å². The van der Waals surface area contributed by atoms with Crippen LogP contribution in [0, 0.1) is 0 Å². The third kappa shape index (κ3) is 3.51. The maximum Gasteiger partial charge on any atom is 0.244 e. The SMILES string of the molecule is CCCc1nccn1CC(=O)Nc1cc(Cl)ccc1N. The Morgan fingerprint density at radius 3 is 3.05 bits per heavy atom. The normalized spacial score (nSPS) is 10.5. The molecule has 0 fully saturated rings. The van der Waals surface area contributed by atoms with Crippen LogP contribution in [0.4, 0.5) is 11.4 Å². The summed E-state index contributed by atoms with van der Waals surface area (Å²) >= 11 is 5.89. The molecule has 5 nitrogen and oxygen atoms in total. The van der Waals surface area contributed by atoms with Crippen LogP contribution in [0.25, 0.3) is 0 Å². The molecule has 106 valence electrons. The molecule has 0 saturated carbocycles. The van der Waals surface area contributed by atoms with E-state index in [1.807, 2.05) is 4.57 Å². The fraction of sp³-hybridized carbons (Fsp3) is 0.286. The summed E-state index contributed by atoms with van der Waals surface area (Å²) in [5, 5.41) is 3.29. The van der Waals surface area contributed by atoms with Crippen molar-refractivity contribution in [3.05, 3.63) is 41.4 Å². The van der Waals surface area contributed by atoms with Crippen molar-refractivity contribution in [1.82, 2.24) is 9.55 Å². The molecule has 0 spiro atoms. The Morgan fingerprint density at radius 1 is 1.50 bits per heavy atom. The van der Waals surface area contributed by atoms with Gasteiger partial charge in [0, 0.05) is 23.8 Å². The van der Waals surface area contributed by atoms with Crippen LogP contribution in [0.3, 0.4) is 0 Å². The van der Waals surface area contributed by atoms with Crippen LogP contribution in [0.15, 0.2) is 30.6 Å². The second kappa shape index (κ2) is 6.43. The number of hydrogen-bond donors (Lipinski definition) is 2. The average molecular weight is 293 g/mol. The van der Waals surface area contributed by atoms with Gasteiger partial charge in [0.2, 0.25) is 5.91 Å². The molecular weight excluding hydrogens is 276 g/mol. The average Bonchev–Trinajstić information content (AvgIpc) is 2.82. The van der Waals surface area contributed by atoms with E-state index in [0.717, 1.165) is 18.7 Å². The molecule has 0 bridgehead atoms. The molecule has 2 rings (SSSR count). The van der Waals surface area contributed by atoms with Crippen molar-refractivity contribution in [3.63, 3.8) is 0 Å². The van der Waals surface area contributed by atoms with Gasteiger partial charge in [-0.05, 0) is 24.6 Å². The number of carbonyl (C=O) groups excluding carboxylic acids is 1. The molecular formula is C14H17ClN4O. The number of nitrogens with two attached hydrogens (primary N) is 1. The molecule has 1 aromatic carbocycles. The summed E-state index contributed by atoms with van der Waals surface area (Å²) in [5.74, 6) is 0.746. The van der Waals surface area contributed by atoms with Crippen molar-refractivity contribution in [2.45, 2.75) is 26.3 Å². The second-order valence-corrected chi connectivity index (χ2v) is 4.94. The van der Waals surface area contributed by atoms with E-state index in [4.69, 9.17) is 17.3 Å². The van der Waals surface area contributed by atoms with Gasteiger partial charge in [-0.15, -0.1) is 0 Å². The molecule has 0 aliphatic carbocycles. The number of carbonyl (C=O) groups is 1. The topological polar surface area (TPSA) is 72.9 Å². The summed E-state index contributed by atoms with van der Waals surface area (Å²) in [5.41, 5.74) is 6.81. The van der Waals surface area contributed by atoms with Gasteiger partial charge in [0.15, 0.2) is 0 Å². The molecule has 1 heterocycles. The maximum absolute atomic E-state index is 12.0. The molecule has 0 radical (unpaired) electrons. The Balaban J connectivity index is 2.05. The lowest BCUT2D eigenvalue weighted by atomic mass is 10.2. The van der Waals surface area contributed by atoms with E-state index in [1.165, 1.54) is 0 Å². The van der Waals surface area contributed by atoms with Gasteiger partial charge in [-0.2, -0.15) is 0 Å². The van der Waals surface area contributed by atoms with Crippen LogP contribution in [0.5, 0.6) is 0 Å². The molecule has 20 heavy (non-hydrogen) atoms. The highest BCUT2D eigenvalue weighted by Crippen LogP contribution is 2.22. The molecule has 3 N–H and O–H groups in total. The van der Waals surface area contributed by atoms with Gasteiger partial charge in [-0.1, -0.05) is 18.5 Å². The van der Waals surface area contributed by atoms with E-state index >= 15 is 0 Å². The van der Waals surface area contributed by atoms with Crippen LogP contribution in [0.2, 0.25) is 5.02 Å². The number of nitrogens with zero attached hydrogens (tertiary/aromatic N) is 2. The lowest BCUT2D eigenvalue weighted by molar-refractivity contribution is -0.116. The van der Waals surface area contributed by atoms with Crippen LogP contribution in [-0.4, -0.2) is 15.5 Å². The number of amides is 1. The summed E-state index contributed by atoms with van der Waals surface area (Å²) in [4.78, 5) is 16.3. The van der Waals surface area contributed by atoms with Crippen LogP contribution >= 0.6 is 11.6 Å². The zero-order valence-electron chi connectivity index (χ0n) is 11.3. The molecule has 0 atom stereocenters. The molecule has 0 saturated heterocycles. The minimum absolute atomic E-state index is 0.158. The standard InChI is InChI=1S/C14H17ClN4O/c1-2-3-13-17-6-7-19(13)9-14(20)18-12-8-10(15)4-5-11(12)16/h4-8H,2-3,9,16H2,1H3,(H,18,20). The molecule has 0 unspecified atom stereocenters. The Kier molecular flexibility index (Phi) is 4.63. The van der Waals surface area contributed by atoms with Gasteiger partial charge in [0.25, 0.3) is 0 Å². The number of anilines is 2. The minimum atomic E-state index is -0.158. The first-order valence-electron chi connectivity index (χ1n) is 6.45. The summed E-state index contributed by atoms with van der Waals surface area (Å²) in [6.45, 7) is 2.28. The highest BCUT2D eigenvalue weighted by atomic mass is 35.5. The van der Waals surface area contributed by atoms with Crippen LogP contribution < -0.4 is 11.1 Å². The van der Waals surface area contributed by atoms with Crippen molar-refractivity contribution < 1.29 is 4.79 Å². The fourth-order valence-corrected chi connectivity index (χ4v) is 2.09. The molecule has 1 amide bonds. The zero-order chi connectivity index (χ0) is 14.5.